The van der Waals surface area contributed by atoms with Gasteiger partial charge in [-0.2, -0.15) is 20.3 Å². The summed E-state index contributed by atoms with van der Waals surface area (Å²) in [5.74, 6) is 1.19. The number of nitrogens with one attached hydrogen (secondary N) is 2. The third-order valence-electron chi connectivity index (χ3n) is 2.71. The normalized spacial score (nSPS) is 10.2. The number of aromatic amines is 1. The number of ether oxygens (including phenoxy) is 1. The highest BCUT2D eigenvalue weighted by Crippen LogP contribution is 2.29. The topological polar surface area (TPSA) is 99.5 Å². The third kappa shape index (κ3) is 1.99. The van der Waals surface area contributed by atoms with Gasteiger partial charge >= 0.3 is 0 Å². The molecule has 0 fully saturated rings. The predicted molar refractivity (Wildman–Crippen MR) is 72.5 cm³/mol. The Morgan fingerprint density at radius 1 is 1.30 bits per heavy atom. The number of aromatic nitrogens is 4. The average molecular weight is 266 g/mol. The van der Waals surface area contributed by atoms with Gasteiger partial charge < -0.3 is 10.1 Å². The van der Waals surface area contributed by atoms with Crippen molar-refractivity contribution in [3.05, 3.63) is 36.0 Å². The molecule has 0 bridgehead atoms. The number of H-pyrrole nitrogens is 1. The molecule has 0 saturated carbocycles. The minimum absolute atomic E-state index is 0.343. The lowest BCUT2D eigenvalue weighted by Crippen LogP contribution is -1.99. The first-order valence-electron chi connectivity index (χ1n) is 5.87. The summed E-state index contributed by atoms with van der Waals surface area (Å²) in [6, 6.07) is 9.05. The number of nitrogens with zero attached hydrogens (tertiary/aromatic N) is 4. The number of fused-ring (bicyclic) bond motifs is 1. The van der Waals surface area contributed by atoms with Gasteiger partial charge in [0.1, 0.15) is 17.2 Å². The third-order valence-corrected chi connectivity index (χ3v) is 2.71. The van der Waals surface area contributed by atoms with Crippen LogP contribution in [0.4, 0.5) is 5.95 Å². The molecular formula is C13H10N6O. The summed E-state index contributed by atoms with van der Waals surface area (Å²) in [7, 11) is 1.71. The summed E-state index contributed by atoms with van der Waals surface area (Å²) in [5.41, 5.74) is 1.00. The van der Waals surface area contributed by atoms with E-state index in [1.165, 1.54) is 0 Å². The first kappa shape index (κ1) is 11.9. The summed E-state index contributed by atoms with van der Waals surface area (Å²) in [5, 5.41) is 19.3. The lowest BCUT2D eigenvalue weighted by Gasteiger charge is -2.08. The van der Waals surface area contributed by atoms with Crippen LogP contribution in [0.15, 0.2) is 30.5 Å². The van der Waals surface area contributed by atoms with Crippen molar-refractivity contribution in [2.24, 2.45) is 0 Å². The van der Waals surface area contributed by atoms with Gasteiger partial charge in [0.25, 0.3) is 0 Å². The number of hydrogen-bond acceptors (Lipinski definition) is 6. The van der Waals surface area contributed by atoms with Gasteiger partial charge in [0.2, 0.25) is 11.8 Å². The Hall–Kier alpha value is -3.14. The molecule has 20 heavy (non-hydrogen) atoms. The molecule has 7 nitrogen and oxygen atoms in total. The highest BCUT2D eigenvalue weighted by atomic mass is 16.5. The van der Waals surface area contributed by atoms with E-state index in [9.17, 15) is 0 Å². The van der Waals surface area contributed by atoms with Gasteiger partial charge in [0.15, 0.2) is 5.65 Å². The van der Waals surface area contributed by atoms with Gasteiger partial charge in [0.05, 0.1) is 11.8 Å². The lowest BCUT2D eigenvalue weighted by atomic mass is 10.2. The Morgan fingerprint density at radius 2 is 2.15 bits per heavy atom. The Bertz CT molecular complexity index is 804. The zero-order valence-electron chi connectivity index (χ0n) is 10.6. The molecule has 0 radical (unpaired) electrons. The van der Waals surface area contributed by atoms with Crippen LogP contribution < -0.4 is 10.1 Å². The molecule has 2 heterocycles. The van der Waals surface area contributed by atoms with Crippen LogP contribution in [0.1, 0.15) is 5.56 Å². The van der Waals surface area contributed by atoms with E-state index in [1.807, 2.05) is 0 Å². The Labute approximate surface area is 114 Å². The number of nitriles is 1. The second-order valence-electron chi connectivity index (χ2n) is 3.94. The van der Waals surface area contributed by atoms with Crippen molar-refractivity contribution >= 4 is 17.0 Å². The number of anilines is 1. The molecule has 0 spiro atoms. The molecule has 3 rings (SSSR count). The summed E-state index contributed by atoms with van der Waals surface area (Å²) in [6.07, 6.45) is 1.58. The van der Waals surface area contributed by atoms with Crippen LogP contribution in [0.2, 0.25) is 0 Å². The lowest BCUT2D eigenvalue weighted by molar-refractivity contribution is 0.467. The number of rotatable bonds is 3. The van der Waals surface area contributed by atoms with Crippen molar-refractivity contribution in [1.29, 1.82) is 5.26 Å². The van der Waals surface area contributed by atoms with E-state index >= 15 is 0 Å². The Morgan fingerprint density at radius 3 is 2.95 bits per heavy atom. The van der Waals surface area contributed by atoms with Crippen molar-refractivity contribution in [2.75, 3.05) is 12.4 Å². The van der Waals surface area contributed by atoms with Gasteiger partial charge in [-0.25, -0.2) is 0 Å². The van der Waals surface area contributed by atoms with Crippen molar-refractivity contribution in [1.82, 2.24) is 20.2 Å². The molecule has 0 amide bonds. The molecule has 0 unspecified atom stereocenters. The minimum atomic E-state index is 0.343. The molecular weight excluding hydrogens is 256 g/mol. The number of benzene rings is 1. The van der Waals surface area contributed by atoms with Crippen LogP contribution in [-0.4, -0.2) is 27.2 Å². The first-order valence-corrected chi connectivity index (χ1v) is 5.87. The van der Waals surface area contributed by atoms with E-state index in [4.69, 9.17) is 10.00 Å². The molecule has 2 N–H and O–H groups in total. The highest BCUT2D eigenvalue weighted by Gasteiger charge is 2.12. The molecule has 0 saturated heterocycles. The van der Waals surface area contributed by atoms with Crippen LogP contribution in [0.5, 0.6) is 11.6 Å². The average Bonchev–Trinajstić information content (AvgIpc) is 2.96. The Kier molecular flexibility index (Phi) is 2.89. The van der Waals surface area contributed by atoms with Gasteiger partial charge in [-0.3, -0.25) is 5.10 Å². The van der Waals surface area contributed by atoms with Crippen molar-refractivity contribution < 1.29 is 4.74 Å². The fraction of sp³-hybridized carbons (Fsp3) is 0.0769. The molecule has 7 heteroatoms. The quantitative estimate of drug-likeness (QED) is 0.752. The van der Waals surface area contributed by atoms with Crippen molar-refractivity contribution in [2.45, 2.75) is 0 Å². The van der Waals surface area contributed by atoms with Gasteiger partial charge in [-0.15, -0.1) is 0 Å². The molecule has 0 aliphatic rings. The van der Waals surface area contributed by atoms with Gasteiger partial charge in [0, 0.05) is 7.05 Å². The SMILES string of the molecule is CNc1nc(Oc2ccccc2C#N)c2cn[nH]c2n1. The summed E-state index contributed by atoms with van der Waals surface area (Å²) < 4.78 is 5.74. The molecule has 1 aromatic carbocycles. The number of hydrogen-bond donors (Lipinski definition) is 2. The summed E-state index contributed by atoms with van der Waals surface area (Å²) in [4.78, 5) is 8.46. The van der Waals surface area contributed by atoms with E-state index < -0.39 is 0 Å². The second kappa shape index (κ2) is 4.85. The zero-order valence-corrected chi connectivity index (χ0v) is 10.6. The Balaban J connectivity index is 2.10. The predicted octanol–water partition coefficient (Wildman–Crippen LogP) is 2.06. The van der Waals surface area contributed by atoms with Crippen LogP contribution >= 0.6 is 0 Å². The maximum Gasteiger partial charge on any atom is 0.235 e. The van der Waals surface area contributed by atoms with Crippen molar-refractivity contribution in [3.63, 3.8) is 0 Å². The second-order valence-corrected chi connectivity index (χ2v) is 3.94. The smallest absolute Gasteiger partial charge is 0.235 e. The van der Waals surface area contributed by atoms with E-state index in [2.05, 4.69) is 31.6 Å². The first-order chi connectivity index (χ1) is 9.81. The zero-order chi connectivity index (χ0) is 13.9. The highest BCUT2D eigenvalue weighted by molar-refractivity contribution is 5.81. The molecule has 0 aliphatic carbocycles. The van der Waals surface area contributed by atoms with E-state index in [-0.39, 0.29) is 0 Å². The monoisotopic (exact) mass is 266 g/mol. The van der Waals surface area contributed by atoms with Gasteiger partial charge in [-0.05, 0) is 12.1 Å². The molecule has 98 valence electrons. The van der Waals surface area contributed by atoms with E-state index in [1.54, 1.807) is 37.5 Å². The van der Waals surface area contributed by atoms with Crippen LogP contribution in [0.25, 0.3) is 11.0 Å². The molecule has 0 aliphatic heterocycles. The fourth-order valence-electron chi connectivity index (χ4n) is 1.75. The molecule has 0 atom stereocenters. The van der Waals surface area contributed by atoms with Gasteiger partial charge in [-0.1, -0.05) is 12.1 Å². The van der Waals surface area contributed by atoms with E-state index in [0.717, 1.165) is 0 Å². The minimum Gasteiger partial charge on any atom is -0.437 e. The summed E-state index contributed by atoms with van der Waals surface area (Å²) in [6.45, 7) is 0. The van der Waals surface area contributed by atoms with Crippen LogP contribution in [0.3, 0.4) is 0 Å². The number of para-hydroxylation sites is 1. The molecule has 2 aromatic heterocycles. The molecule has 3 aromatic rings. The standard InChI is InChI=1S/C13H10N6O/c1-15-13-17-11-9(7-16-19-11)12(18-13)20-10-5-3-2-4-8(10)6-14/h2-5,7H,1H3,(H2,15,16,17,18,19). The fourth-order valence-corrected chi connectivity index (χ4v) is 1.75. The van der Waals surface area contributed by atoms with E-state index in [0.29, 0.717) is 34.2 Å². The maximum atomic E-state index is 9.08. The van der Waals surface area contributed by atoms with Crippen molar-refractivity contribution in [3.8, 4) is 17.7 Å². The largest absolute Gasteiger partial charge is 0.437 e. The van der Waals surface area contributed by atoms with Crippen LogP contribution in [0, 0.1) is 11.3 Å². The maximum absolute atomic E-state index is 9.08. The summed E-state index contributed by atoms with van der Waals surface area (Å²) >= 11 is 0. The van der Waals surface area contributed by atoms with Crippen LogP contribution in [-0.2, 0) is 0 Å².